The van der Waals surface area contributed by atoms with Gasteiger partial charge in [-0.1, -0.05) is 29.4 Å². The minimum Gasteiger partial charge on any atom is -0.368 e. The number of carbonyl (C=O) groups excluding carboxylic acids is 4. The van der Waals surface area contributed by atoms with Crippen molar-refractivity contribution in [3.8, 4) is 17.2 Å². The van der Waals surface area contributed by atoms with Gasteiger partial charge >= 0.3 is 0 Å². The Labute approximate surface area is 313 Å². The van der Waals surface area contributed by atoms with Crippen LogP contribution in [-0.4, -0.2) is 83.4 Å². The molecule has 3 saturated heterocycles. The van der Waals surface area contributed by atoms with Crippen LogP contribution in [0.15, 0.2) is 65.2 Å². The maximum absolute atomic E-state index is 13.4. The Morgan fingerprint density at radius 2 is 1.67 bits per heavy atom. The molecule has 4 aromatic rings. The van der Waals surface area contributed by atoms with E-state index < -0.39 is 29.7 Å². The molecule has 5 aliphatic rings. The monoisotopic (exact) mass is 723 g/mol. The first kappa shape index (κ1) is 34.0. The number of hydrogen-bond acceptors (Lipinski definition) is 10. The van der Waals surface area contributed by atoms with Gasteiger partial charge in [-0.15, -0.1) is 0 Å². The summed E-state index contributed by atoms with van der Waals surface area (Å²) >= 11 is 0. The second kappa shape index (κ2) is 12.7. The molecule has 12 heteroatoms. The summed E-state index contributed by atoms with van der Waals surface area (Å²) in [5.41, 5.74) is 8.58. The molecule has 274 valence electrons. The van der Waals surface area contributed by atoms with Gasteiger partial charge in [0.05, 0.1) is 28.3 Å². The Bertz CT molecular complexity index is 2250. The molecule has 0 spiro atoms. The molecule has 4 amide bonds. The van der Waals surface area contributed by atoms with Crippen LogP contribution < -0.4 is 15.1 Å². The number of hydrogen-bond donors (Lipinski definition) is 1. The lowest BCUT2D eigenvalue weighted by Gasteiger charge is -2.53. The van der Waals surface area contributed by atoms with Crippen molar-refractivity contribution in [3.63, 3.8) is 0 Å². The van der Waals surface area contributed by atoms with Gasteiger partial charge in [0.1, 0.15) is 11.8 Å². The van der Waals surface area contributed by atoms with Crippen LogP contribution >= 0.6 is 0 Å². The highest BCUT2D eigenvalue weighted by molar-refractivity contribution is 6.23. The van der Waals surface area contributed by atoms with Crippen molar-refractivity contribution in [3.05, 3.63) is 94.4 Å². The third-order valence-electron chi connectivity index (χ3n) is 12.1. The lowest BCUT2D eigenvalue weighted by molar-refractivity contribution is -0.136. The molecule has 54 heavy (non-hydrogen) atoms. The van der Waals surface area contributed by atoms with Crippen LogP contribution in [0.25, 0.3) is 11.1 Å². The molecule has 0 radical (unpaired) electrons. The Balaban J connectivity index is 0.881. The van der Waals surface area contributed by atoms with E-state index in [0.717, 1.165) is 95.7 Å². The molecule has 0 bridgehead atoms. The highest BCUT2D eigenvalue weighted by atomic mass is 16.5. The number of nitrogens with one attached hydrogen (secondary N) is 1. The van der Waals surface area contributed by atoms with Gasteiger partial charge in [-0.2, -0.15) is 5.26 Å². The van der Waals surface area contributed by atoms with Crippen LogP contribution in [0.2, 0.25) is 0 Å². The lowest BCUT2D eigenvalue weighted by atomic mass is 9.92. The first-order valence-corrected chi connectivity index (χ1v) is 18.7. The maximum Gasteiger partial charge on any atom is 0.262 e. The van der Waals surface area contributed by atoms with E-state index in [0.29, 0.717) is 23.1 Å². The Morgan fingerprint density at radius 3 is 2.33 bits per heavy atom. The van der Waals surface area contributed by atoms with Gasteiger partial charge in [-0.25, -0.2) is 0 Å². The highest BCUT2D eigenvalue weighted by Gasteiger charge is 2.46. The van der Waals surface area contributed by atoms with E-state index in [4.69, 9.17) is 4.52 Å². The highest BCUT2D eigenvalue weighted by Crippen LogP contribution is 2.48. The number of amides is 4. The molecular weight excluding hydrogens is 683 g/mol. The first-order chi connectivity index (χ1) is 26.0. The molecule has 1 aliphatic carbocycles. The van der Waals surface area contributed by atoms with Crippen molar-refractivity contribution in [2.24, 2.45) is 5.92 Å². The van der Waals surface area contributed by atoms with Gasteiger partial charge in [0.2, 0.25) is 11.8 Å². The number of aromatic nitrogens is 1. The van der Waals surface area contributed by atoms with E-state index in [2.05, 4.69) is 80.6 Å². The largest absolute Gasteiger partial charge is 0.368 e. The van der Waals surface area contributed by atoms with E-state index >= 15 is 0 Å². The molecule has 5 heterocycles. The summed E-state index contributed by atoms with van der Waals surface area (Å²) in [6, 6.07) is 22.3. The second-order valence-corrected chi connectivity index (χ2v) is 15.6. The normalized spacial score (nSPS) is 21.0. The van der Waals surface area contributed by atoms with E-state index in [1.807, 2.05) is 19.9 Å². The Kier molecular flexibility index (Phi) is 7.97. The number of likely N-dealkylation sites (tertiary alicyclic amines) is 1. The van der Waals surface area contributed by atoms with Gasteiger partial charge in [0, 0.05) is 73.7 Å². The summed E-state index contributed by atoms with van der Waals surface area (Å²) in [4.78, 5) is 58.8. The summed E-state index contributed by atoms with van der Waals surface area (Å²) in [5, 5.41) is 16.2. The lowest BCUT2D eigenvalue weighted by Crippen LogP contribution is -2.66. The molecule has 9 rings (SSSR count). The van der Waals surface area contributed by atoms with Crippen LogP contribution in [0.1, 0.15) is 69.0 Å². The van der Waals surface area contributed by atoms with Crippen LogP contribution in [0.5, 0.6) is 0 Å². The summed E-state index contributed by atoms with van der Waals surface area (Å²) in [7, 11) is 0. The van der Waals surface area contributed by atoms with Crippen molar-refractivity contribution in [2.75, 3.05) is 42.5 Å². The molecule has 1 atom stereocenters. The van der Waals surface area contributed by atoms with Crippen LogP contribution in [0.3, 0.4) is 0 Å². The fourth-order valence-electron chi connectivity index (χ4n) is 8.68. The number of piperidine rings is 1. The zero-order chi connectivity index (χ0) is 37.5. The molecule has 3 aromatic carbocycles. The molecule has 12 nitrogen and oxygen atoms in total. The Morgan fingerprint density at radius 1 is 0.926 bits per heavy atom. The van der Waals surface area contributed by atoms with E-state index in [9.17, 15) is 24.4 Å². The fraction of sp³-hybridized carbons (Fsp3) is 0.381. The van der Waals surface area contributed by atoms with Crippen molar-refractivity contribution in [1.29, 1.82) is 5.26 Å². The molecule has 4 aliphatic heterocycles. The molecule has 1 saturated carbocycles. The van der Waals surface area contributed by atoms with Gasteiger partial charge in [0.25, 0.3) is 11.8 Å². The maximum atomic E-state index is 13.4. The van der Waals surface area contributed by atoms with Gasteiger partial charge < -0.3 is 14.3 Å². The number of anilines is 3. The first-order valence-electron chi connectivity index (χ1n) is 18.7. The van der Waals surface area contributed by atoms with E-state index in [1.54, 1.807) is 12.1 Å². The van der Waals surface area contributed by atoms with Crippen LogP contribution in [0.4, 0.5) is 17.1 Å². The number of nitriles is 1. The molecule has 1 N–H and O–H groups in total. The van der Waals surface area contributed by atoms with Crippen molar-refractivity contribution >= 4 is 40.7 Å². The molecule has 4 fully saturated rings. The number of nitrogens with zero attached hydrogens (tertiary/aromatic N) is 6. The fourth-order valence-corrected chi connectivity index (χ4v) is 8.68. The summed E-state index contributed by atoms with van der Waals surface area (Å²) < 4.78 is 5.51. The van der Waals surface area contributed by atoms with E-state index in [-0.39, 0.29) is 18.3 Å². The van der Waals surface area contributed by atoms with Gasteiger partial charge in [0.15, 0.2) is 0 Å². The number of carbonyl (C=O) groups is 4. The quantitative estimate of drug-likeness (QED) is 0.230. The van der Waals surface area contributed by atoms with Gasteiger partial charge in [-0.3, -0.25) is 34.3 Å². The molecule has 1 aromatic heterocycles. The van der Waals surface area contributed by atoms with Crippen LogP contribution in [0, 0.1) is 38.0 Å². The SMILES string of the molecule is Cc1ccc(-c2c(C)noc2C)cc1N(CC1CN(C2CN(c3ccc4c(c3)C(=O)N(C3CCC(=O)NC3=O)C4=O)C2)C1)c1ccc(C2(C#N)CC2)cc1. The van der Waals surface area contributed by atoms with Crippen molar-refractivity contribution in [2.45, 2.75) is 64.0 Å². The predicted molar refractivity (Wildman–Crippen MR) is 200 cm³/mol. The number of rotatable bonds is 9. The van der Waals surface area contributed by atoms with Crippen molar-refractivity contribution < 1.29 is 23.7 Å². The third-order valence-corrected chi connectivity index (χ3v) is 12.1. The summed E-state index contributed by atoms with van der Waals surface area (Å²) in [5.74, 6) is -0.745. The third kappa shape index (κ3) is 5.57. The zero-order valence-corrected chi connectivity index (χ0v) is 30.6. The molecule has 1 unspecified atom stereocenters. The predicted octanol–water partition coefficient (Wildman–Crippen LogP) is 5.18. The summed E-state index contributed by atoms with van der Waals surface area (Å²) in [6.45, 7) is 10.5. The minimum atomic E-state index is -0.977. The topological polar surface area (TPSA) is 143 Å². The average molecular weight is 724 g/mol. The Hall–Kier alpha value is -5.80. The summed E-state index contributed by atoms with van der Waals surface area (Å²) in [6.07, 6.45) is 2.05. The number of benzene rings is 3. The van der Waals surface area contributed by atoms with Crippen LogP contribution in [-0.2, 0) is 15.0 Å². The van der Waals surface area contributed by atoms with E-state index in [1.165, 1.54) is 5.56 Å². The number of imide groups is 2. The standard InChI is InChI=1S/C42H41N7O5/c1-24-4-5-28(38-25(2)45-54-26(38)3)16-36(24)48(30-8-6-29(7-9-30)42(23-43)14-15-42)20-27-18-46(19-27)32-21-47(22-32)31-10-11-33-34(17-31)41(53)49(40(33)52)35-12-13-37(50)44-39(35)51/h4-11,16-17,27,32,35H,12-15,18-22H2,1-3H3,(H,44,50,51). The second-order valence-electron chi connectivity index (χ2n) is 15.6. The molecular formula is C42H41N7O5. The number of fused-ring (bicyclic) bond motifs is 1. The smallest absolute Gasteiger partial charge is 0.262 e. The van der Waals surface area contributed by atoms with Gasteiger partial charge in [-0.05, 0) is 93.1 Å². The number of aryl methyl sites for hydroxylation is 3. The minimum absolute atomic E-state index is 0.0902. The van der Waals surface area contributed by atoms with Crippen molar-refractivity contribution in [1.82, 2.24) is 20.3 Å². The average Bonchev–Trinajstić information content (AvgIpc) is 3.81. The zero-order valence-electron chi connectivity index (χ0n) is 30.6.